The molecule has 2 aromatic rings. The highest BCUT2D eigenvalue weighted by Crippen LogP contribution is 2.17. The van der Waals surface area contributed by atoms with Crippen molar-refractivity contribution in [2.24, 2.45) is 5.73 Å². The molecule has 3 N–H and O–H groups in total. The van der Waals surface area contributed by atoms with E-state index in [1.165, 1.54) is 18.2 Å². The van der Waals surface area contributed by atoms with Gasteiger partial charge in [0.1, 0.15) is 5.56 Å². The lowest BCUT2D eigenvalue weighted by Crippen LogP contribution is -2.23. The Morgan fingerprint density at radius 3 is 2.32 bits per heavy atom. The third-order valence-electron chi connectivity index (χ3n) is 3.04. The number of amides is 2. The van der Waals surface area contributed by atoms with Crippen LogP contribution in [0.1, 0.15) is 26.3 Å². The van der Waals surface area contributed by atoms with Crippen molar-refractivity contribution < 1.29 is 14.5 Å². The van der Waals surface area contributed by atoms with Crippen molar-refractivity contribution in [2.75, 3.05) is 0 Å². The zero-order chi connectivity index (χ0) is 16.1. The minimum absolute atomic E-state index is 0.00116. The predicted octanol–water partition coefficient (Wildman–Crippen LogP) is 1.62. The summed E-state index contributed by atoms with van der Waals surface area (Å²) in [5.74, 6) is -1.07. The lowest BCUT2D eigenvalue weighted by Gasteiger charge is -2.06. The van der Waals surface area contributed by atoms with Gasteiger partial charge in [0.15, 0.2) is 0 Å². The molecule has 2 rings (SSSR count). The molecule has 0 atom stereocenters. The molecule has 2 aromatic carbocycles. The Bertz CT molecular complexity index is 726. The highest BCUT2D eigenvalue weighted by molar-refractivity contribution is 5.98. The summed E-state index contributed by atoms with van der Waals surface area (Å²) in [5.41, 5.74) is 6.01. The van der Waals surface area contributed by atoms with Crippen LogP contribution < -0.4 is 11.1 Å². The first-order valence-corrected chi connectivity index (χ1v) is 6.39. The summed E-state index contributed by atoms with van der Waals surface area (Å²) in [6.07, 6.45) is 0. The lowest BCUT2D eigenvalue weighted by atomic mass is 10.1. The van der Waals surface area contributed by atoms with Gasteiger partial charge < -0.3 is 11.1 Å². The maximum atomic E-state index is 12.0. The van der Waals surface area contributed by atoms with Crippen molar-refractivity contribution in [1.29, 1.82) is 0 Å². The van der Waals surface area contributed by atoms with Crippen molar-refractivity contribution in [2.45, 2.75) is 6.54 Å². The van der Waals surface area contributed by atoms with Gasteiger partial charge in [0.05, 0.1) is 4.92 Å². The van der Waals surface area contributed by atoms with Crippen LogP contribution in [-0.2, 0) is 6.54 Å². The highest BCUT2D eigenvalue weighted by atomic mass is 16.6. The van der Waals surface area contributed by atoms with Gasteiger partial charge in [-0.2, -0.15) is 0 Å². The Morgan fingerprint density at radius 1 is 1.09 bits per heavy atom. The number of benzene rings is 2. The minimum Gasteiger partial charge on any atom is -0.366 e. The summed E-state index contributed by atoms with van der Waals surface area (Å²) in [4.78, 5) is 33.3. The number of nitro groups is 1. The van der Waals surface area contributed by atoms with Crippen molar-refractivity contribution in [3.05, 3.63) is 75.3 Å². The van der Waals surface area contributed by atoms with Gasteiger partial charge >= 0.3 is 0 Å². The fourth-order valence-corrected chi connectivity index (χ4v) is 1.89. The maximum absolute atomic E-state index is 12.0. The molecule has 0 heterocycles. The Hall–Kier alpha value is -3.22. The molecule has 0 aromatic heterocycles. The fraction of sp³-hybridized carbons (Fsp3) is 0.0667. The van der Waals surface area contributed by atoms with Crippen LogP contribution in [0.15, 0.2) is 48.5 Å². The number of nitro benzene ring substituents is 1. The first-order chi connectivity index (χ1) is 10.5. The Labute approximate surface area is 125 Å². The fourth-order valence-electron chi connectivity index (χ4n) is 1.89. The van der Waals surface area contributed by atoms with Crippen LogP contribution in [0.2, 0.25) is 0 Å². The van der Waals surface area contributed by atoms with Gasteiger partial charge in [-0.25, -0.2) is 0 Å². The van der Waals surface area contributed by atoms with Gasteiger partial charge in [-0.05, 0) is 23.8 Å². The molecule has 7 heteroatoms. The minimum atomic E-state index is -0.601. The number of rotatable bonds is 5. The van der Waals surface area contributed by atoms with E-state index in [4.69, 9.17) is 5.73 Å². The largest absolute Gasteiger partial charge is 0.366 e. The van der Waals surface area contributed by atoms with Gasteiger partial charge in [-0.15, -0.1) is 0 Å². The van der Waals surface area contributed by atoms with E-state index >= 15 is 0 Å². The van der Waals surface area contributed by atoms with Crippen LogP contribution >= 0.6 is 0 Å². The molecule has 0 unspecified atom stereocenters. The topological polar surface area (TPSA) is 115 Å². The molecular formula is C15H13N3O4. The molecule has 0 aliphatic heterocycles. The number of hydrogen-bond donors (Lipinski definition) is 2. The molecule has 0 saturated heterocycles. The average Bonchev–Trinajstić information content (AvgIpc) is 2.53. The van der Waals surface area contributed by atoms with Crippen molar-refractivity contribution >= 4 is 17.5 Å². The number of hydrogen-bond acceptors (Lipinski definition) is 4. The van der Waals surface area contributed by atoms with E-state index in [9.17, 15) is 19.7 Å². The second-order valence-electron chi connectivity index (χ2n) is 4.52. The molecule has 0 saturated carbocycles. The van der Waals surface area contributed by atoms with E-state index in [2.05, 4.69) is 5.32 Å². The standard InChI is InChI=1S/C15H13N3O4/c16-14(19)11-7-5-10(6-8-11)9-17-15(20)12-3-1-2-4-13(12)18(21)22/h1-8H,9H2,(H2,16,19)(H,17,20). The van der Waals surface area contributed by atoms with E-state index < -0.39 is 16.7 Å². The molecule has 0 radical (unpaired) electrons. The Balaban J connectivity index is 2.07. The first-order valence-electron chi connectivity index (χ1n) is 6.39. The van der Waals surface area contributed by atoms with Gasteiger partial charge in [-0.3, -0.25) is 19.7 Å². The number of para-hydroxylation sites is 1. The molecule has 22 heavy (non-hydrogen) atoms. The number of nitrogens with two attached hydrogens (primary N) is 1. The SMILES string of the molecule is NC(=O)c1ccc(CNC(=O)c2ccccc2[N+](=O)[O-])cc1. The molecule has 7 nitrogen and oxygen atoms in total. The zero-order valence-corrected chi connectivity index (χ0v) is 11.5. The van der Waals surface area contributed by atoms with Crippen LogP contribution in [-0.4, -0.2) is 16.7 Å². The summed E-state index contributed by atoms with van der Waals surface area (Å²) in [6, 6.07) is 12.1. The maximum Gasteiger partial charge on any atom is 0.282 e. The van der Waals surface area contributed by atoms with Crippen molar-refractivity contribution in [3.63, 3.8) is 0 Å². The van der Waals surface area contributed by atoms with Gasteiger partial charge in [0.2, 0.25) is 5.91 Å². The third kappa shape index (κ3) is 3.45. The summed E-state index contributed by atoms with van der Waals surface area (Å²) in [5, 5.41) is 13.5. The van der Waals surface area contributed by atoms with Crippen LogP contribution in [0.4, 0.5) is 5.69 Å². The number of nitrogens with zero attached hydrogens (tertiary/aromatic N) is 1. The van der Waals surface area contributed by atoms with Gasteiger partial charge in [0, 0.05) is 18.2 Å². The van der Waals surface area contributed by atoms with E-state index in [1.807, 2.05) is 0 Å². The van der Waals surface area contributed by atoms with Crippen LogP contribution in [0, 0.1) is 10.1 Å². The molecular weight excluding hydrogens is 286 g/mol. The normalized spacial score (nSPS) is 10.0. The Morgan fingerprint density at radius 2 is 1.73 bits per heavy atom. The van der Waals surface area contributed by atoms with E-state index in [0.717, 1.165) is 5.56 Å². The summed E-state index contributed by atoms with van der Waals surface area (Å²) in [6.45, 7) is 0.184. The molecule has 2 amide bonds. The number of nitrogens with one attached hydrogen (secondary N) is 1. The second-order valence-corrected chi connectivity index (χ2v) is 4.52. The average molecular weight is 299 g/mol. The first kappa shape index (κ1) is 15.2. The van der Waals surface area contributed by atoms with E-state index in [1.54, 1.807) is 30.3 Å². The molecule has 0 spiro atoms. The smallest absolute Gasteiger partial charge is 0.282 e. The van der Waals surface area contributed by atoms with Gasteiger partial charge in [-0.1, -0.05) is 24.3 Å². The van der Waals surface area contributed by atoms with Crippen molar-refractivity contribution in [1.82, 2.24) is 5.32 Å². The summed E-state index contributed by atoms with van der Waals surface area (Å²) >= 11 is 0. The summed E-state index contributed by atoms with van der Waals surface area (Å²) < 4.78 is 0. The van der Waals surface area contributed by atoms with Crippen molar-refractivity contribution in [3.8, 4) is 0 Å². The summed E-state index contributed by atoms with van der Waals surface area (Å²) in [7, 11) is 0. The number of primary amides is 1. The molecule has 112 valence electrons. The monoisotopic (exact) mass is 299 g/mol. The number of carbonyl (C=O) groups excluding carboxylic acids is 2. The third-order valence-corrected chi connectivity index (χ3v) is 3.04. The second kappa shape index (κ2) is 6.49. The Kier molecular flexibility index (Phi) is 4.47. The quantitative estimate of drug-likeness (QED) is 0.644. The number of carbonyl (C=O) groups is 2. The molecule has 0 bridgehead atoms. The highest BCUT2D eigenvalue weighted by Gasteiger charge is 2.18. The van der Waals surface area contributed by atoms with Crippen LogP contribution in [0.5, 0.6) is 0 Å². The zero-order valence-electron chi connectivity index (χ0n) is 11.5. The molecule has 0 fully saturated rings. The molecule has 0 aliphatic rings. The van der Waals surface area contributed by atoms with E-state index in [-0.39, 0.29) is 17.8 Å². The van der Waals surface area contributed by atoms with Gasteiger partial charge in [0.25, 0.3) is 11.6 Å². The van der Waals surface area contributed by atoms with Crippen LogP contribution in [0.3, 0.4) is 0 Å². The lowest BCUT2D eigenvalue weighted by molar-refractivity contribution is -0.385. The van der Waals surface area contributed by atoms with Crippen LogP contribution in [0.25, 0.3) is 0 Å². The van der Waals surface area contributed by atoms with E-state index in [0.29, 0.717) is 5.56 Å². The molecule has 0 aliphatic carbocycles. The predicted molar refractivity (Wildman–Crippen MR) is 79.2 cm³/mol.